The summed E-state index contributed by atoms with van der Waals surface area (Å²) in [4.78, 5) is 24.6. The first-order valence-corrected chi connectivity index (χ1v) is 14.4. The summed E-state index contributed by atoms with van der Waals surface area (Å²) in [6, 6.07) is 7.08. The smallest absolute Gasteiger partial charge is 0.328 e. The Hall–Kier alpha value is -4.78. The third-order valence-electron chi connectivity index (χ3n) is 8.89. The summed E-state index contributed by atoms with van der Waals surface area (Å²) in [5, 5.41) is 14.8. The van der Waals surface area contributed by atoms with Crippen molar-refractivity contribution in [2.24, 2.45) is 28.2 Å². The second-order valence-corrected chi connectivity index (χ2v) is 12.0. The predicted molar refractivity (Wildman–Crippen MR) is 164 cm³/mol. The number of alkyl halides is 2. The van der Waals surface area contributed by atoms with Gasteiger partial charge in [0.25, 0.3) is 6.43 Å². The quantitative estimate of drug-likeness (QED) is 0.316. The van der Waals surface area contributed by atoms with Crippen molar-refractivity contribution in [1.82, 2.24) is 38.0 Å². The van der Waals surface area contributed by atoms with Gasteiger partial charge in [0, 0.05) is 58.6 Å². The summed E-state index contributed by atoms with van der Waals surface area (Å²) in [7, 11) is 7.07. The number of imidazole rings is 3. The zero-order chi connectivity index (χ0) is 31.1. The molecule has 0 radical (unpaired) electrons. The maximum absolute atomic E-state index is 14.7. The van der Waals surface area contributed by atoms with Gasteiger partial charge in [-0.25, -0.2) is 23.5 Å². The van der Waals surface area contributed by atoms with E-state index in [1.54, 1.807) is 65.9 Å². The predicted octanol–water partition coefficient (Wildman–Crippen LogP) is 4.31. The lowest BCUT2D eigenvalue weighted by atomic mass is 9.93. The standard InChI is InChI=1S/C31H33F2N9O2/c1-31(44)6-8-41(9-7-31)25-11-19(10-24-27(25)40(5)30(43)39(24)4)42-23-13-21(28(32)33)20(18-14-35-38(3)16-18)12-22(23)36-29(42)26-15-34-17-37(26)2/h10-17,28,44H,6-9H2,1-5H3. The van der Waals surface area contributed by atoms with Crippen LogP contribution in [-0.2, 0) is 28.2 Å². The van der Waals surface area contributed by atoms with Gasteiger partial charge in [0.15, 0.2) is 5.82 Å². The fraction of sp³-hybridized carbons (Fsp3) is 0.355. The van der Waals surface area contributed by atoms with Crippen molar-refractivity contribution in [1.29, 1.82) is 0 Å². The minimum Gasteiger partial charge on any atom is -0.390 e. The first-order valence-electron chi connectivity index (χ1n) is 14.4. The number of fused-ring (bicyclic) bond motifs is 2. The molecule has 11 nitrogen and oxygen atoms in total. The van der Waals surface area contributed by atoms with Gasteiger partial charge in [-0.1, -0.05) is 0 Å². The number of halogens is 2. The topological polar surface area (TPSA) is 104 Å². The van der Waals surface area contributed by atoms with Crippen molar-refractivity contribution in [2.45, 2.75) is 31.8 Å². The highest BCUT2D eigenvalue weighted by Gasteiger charge is 2.30. The maximum Gasteiger partial charge on any atom is 0.328 e. The fourth-order valence-corrected chi connectivity index (χ4v) is 6.35. The first kappa shape index (κ1) is 28.0. The first-order chi connectivity index (χ1) is 20.9. The lowest BCUT2D eigenvalue weighted by Crippen LogP contribution is -2.42. The van der Waals surface area contributed by atoms with Crippen molar-refractivity contribution in [2.75, 3.05) is 18.0 Å². The van der Waals surface area contributed by atoms with Gasteiger partial charge in [-0.3, -0.25) is 18.4 Å². The summed E-state index contributed by atoms with van der Waals surface area (Å²) < 4.78 is 37.8. The van der Waals surface area contributed by atoms with Crippen LogP contribution in [0.2, 0.25) is 0 Å². The Morgan fingerprint density at radius 2 is 1.73 bits per heavy atom. The molecule has 1 aliphatic heterocycles. The van der Waals surface area contributed by atoms with Crippen LogP contribution in [-0.4, -0.2) is 61.8 Å². The molecular formula is C31H33F2N9O2. The summed E-state index contributed by atoms with van der Waals surface area (Å²) in [6.07, 6.45) is 5.03. The highest BCUT2D eigenvalue weighted by molar-refractivity contribution is 5.94. The maximum atomic E-state index is 14.7. The molecule has 1 fully saturated rings. The Kier molecular flexibility index (Phi) is 6.29. The van der Waals surface area contributed by atoms with E-state index in [2.05, 4.69) is 15.0 Å². The zero-order valence-electron chi connectivity index (χ0n) is 25.2. The van der Waals surface area contributed by atoms with Crippen molar-refractivity contribution >= 4 is 27.8 Å². The third kappa shape index (κ3) is 4.33. The number of aryl methyl sites for hydroxylation is 4. The lowest BCUT2D eigenvalue weighted by molar-refractivity contribution is 0.0352. The molecule has 228 valence electrons. The molecule has 0 unspecified atom stereocenters. The molecule has 0 saturated carbocycles. The van der Waals surface area contributed by atoms with Gasteiger partial charge in [0.1, 0.15) is 5.69 Å². The zero-order valence-corrected chi connectivity index (χ0v) is 25.2. The van der Waals surface area contributed by atoms with Crippen LogP contribution in [0.3, 0.4) is 0 Å². The average Bonchev–Trinajstić information content (AvgIpc) is 3.75. The molecule has 5 heterocycles. The molecule has 0 amide bonds. The number of nitrogens with zero attached hydrogens (tertiary/aromatic N) is 9. The minimum absolute atomic E-state index is 0.130. The fourth-order valence-electron chi connectivity index (χ4n) is 6.35. The highest BCUT2D eigenvalue weighted by Crippen LogP contribution is 2.40. The van der Waals surface area contributed by atoms with Gasteiger partial charge in [0.05, 0.1) is 57.8 Å². The summed E-state index contributed by atoms with van der Waals surface area (Å²) >= 11 is 0. The molecule has 1 aliphatic rings. The molecule has 44 heavy (non-hydrogen) atoms. The average molecular weight is 602 g/mol. The van der Waals surface area contributed by atoms with Crippen molar-refractivity contribution in [3.8, 4) is 28.3 Å². The van der Waals surface area contributed by atoms with Gasteiger partial charge in [-0.15, -0.1) is 0 Å². The van der Waals surface area contributed by atoms with Crippen LogP contribution in [0.5, 0.6) is 0 Å². The largest absolute Gasteiger partial charge is 0.390 e. The third-order valence-corrected chi connectivity index (χ3v) is 8.89. The van der Waals surface area contributed by atoms with Crippen molar-refractivity contribution in [3.05, 3.63) is 65.2 Å². The number of aliphatic hydroxyl groups is 1. The number of benzene rings is 2. The van der Waals surface area contributed by atoms with Crippen LogP contribution in [0.25, 0.3) is 50.4 Å². The molecule has 7 rings (SSSR count). The Morgan fingerprint density at radius 1 is 0.977 bits per heavy atom. The van der Waals surface area contributed by atoms with E-state index in [-0.39, 0.29) is 11.3 Å². The second-order valence-electron chi connectivity index (χ2n) is 12.0. The van der Waals surface area contributed by atoms with Crippen LogP contribution >= 0.6 is 0 Å². The van der Waals surface area contributed by atoms with Crippen LogP contribution in [0, 0.1) is 0 Å². The van der Waals surface area contributed by atoms with E-state index in [4.69, 9.17) is 4.98 Å². The minimum atomic E-state index is -2.74. The SMILES string of the molecule is Cn1cc(-c2cc3nc(-c4cncn4C)n(-c4cc(N5CCC(C)(O)CC5)c5c(c4)n(C)c(=O)n5C)c3cc2C(F)F)cn1. The van der Waals surface area contributed by atoms with Gasteiger partial charge >= 0.3 is 5.69 Å². The van der Waals surface area contributed by atoms with E-state index >= 15 is 0 Å². The number of aromatic nitrogens is 8. The van der Waals surface area contributed by atoms with Crippen LogP contribution in [0.15, 0.2) is 54.0 Å². The molecule has 1 saturated heterocycles. The number of rotatable bonds is 5. The molecule has 1 N–H and O–H groups in total. The second kappa shape index (κ2) is 9.88. The van der Waals surface area contributed by atoms with E-state index in [1.807, 2.05) is 35.2 Å². The van der Waals surface area contributed by atoms with Gasteiger partial charge in [-0.2, -0.15) is 5.10 Å². The Labute approximate surface area is 251 Å². The van der Waals surface area contributed by atoms with Crippen molar-refractivity contribution in [3.63, 3.8) is 0 Å². The summed E-state index contributed by atoms with van der Waals surface area (Å²) in [6.45, 7) is 3.03. The van der Waals surface area contributed by atoms with Crippen LogP contribution < -0.4 is 10.6 Å². The van der Waals surface area contributed by atoms with E-state index in [0.717, 1.165) is 11.2 Å². The monoisotopic (exact) mass is 601 g/mol. The van der Waals surface area contributed by atoms with Gasteiger partial charge in [-0.05, 0) is 49.6 Å². The number of piperidine rings is 1. The number of hydrogen-bond donors (Lipinski definition) is 1. The molecule has 0 spiro atoms. The lowest BCUT2D eigenvalue weighted by Gasteiger charge is -2.37. The highest BCUT2D eigenvalue weighted by atomic mass is 19.3. The molecule has 0 aliphatic carbocycles. The van der Waals surface area contributed by atoms with E-state index < -0.39 is 12.0 Å². The van der Waals surface area contributed by atoms with Gasteiger partial charge in [0.2, 0.25) is 0 Å². The van der Waals surface area contributed by atoms with E-state index in [0.29, 0.717) is 70.8 Å². The molecule has 13 heteroatoms. The van der Waals surface area contributed by atoms with Crippen LogP contribution in [0.1, 0.15) is 31.8 Å². The van der Waals surface area contributed by atoms with Crippen molar-refractivity contribution < 1.29 is 13.9 Å². The Bertz CT molecular complexity index is 2120. The summed E-state index contributed by atoms with van der Waals surface area (Å²) in [5.41, 5.74) is 4.55. The number of anilines is 1. The molecule has 0 atom stereocenters. The van der Waals surface area contributed by atoms with E-state index in [1.165, 1.54) is 6.07 Å². The van der Waals surface area contributed by atoms with E-state index in [9.17, 15) is 18.7 Å². The molecule has 4 aromatic heterocycles. The molecule has 6 aromatic rings. The molecular weight excluding hydrogens is 568 g/mol. The summed E-state index contributed by atoms with van der Waals surface area (Å²) in [5.74, 6) is 0.524. The van der Waals surface area contributed by atoms with Gasteiger partial charge < -0.3 is 14.6 Å². The number of hydrogen-bond acceptors (Lipinski definition) is 6. The Balaban J connectivity index is 1.54. The normalized spacial score (nSPS) is 15.3. The molecule has 2 aromatic carbocycles. The molecule has 0 bridgehead atoms. The Morgan fingerprint density at radius 3 is 2.36 bits per heavy atom. The van der Waals surface area contributed by atoms with Crippen LogP contribution in [0.4, 0.5) is 14.5 Å².